The van der Waals surface area contributed by atoms with E-state index in [0.717, 1.165) is 25.0 Å². The molecule has 1 aromatic carbocycles. The van der Waals surface area contributed by atoms with E-state index < -0.39 is 0 Å². The Morgan fingerprint density at radius 1 is 1.25 bits per heavy atom. The van der Waals surface area contributed by atoms with Gasteiger partial charge in [0.1, 0.15) is 0 Å². The van der Waals surface area contributed by atoms with Gasteiger partial charge in [0, 0.05) is 22.9 Å². The van der Waals surface area contributed by atoms with E-state index in [1.54, 1.807) is 0 Å². The number of benzene rings is 1. The van der Waals surface area contributed by atoms with Gasteiger partial charge < -0.3 is 5.73 Å². The molecule has 0 saturated carbocycles. The zero-order valence-corrected chi connectivity index (χ0v) is 9.11. The van der Waals surface area contributed by atoms with Crippen molar-refractivity contribution in [2.45, 2.75) is 25.3 Å². The van der Waals surface area contributed by atoms with Gasteiger partial charge in [-0.15, -0.1) is 0 Å². The largest absolute Gasteiger partial charge is 0.327 e. The van der Waals surface area contributed by atoms with Gasteiger partial charge in [0.25, 0.3) is 0 Å². The quantitative estimate of drug-likeness (QED) is 0.760. The fourth-order valence-corrected chi connectivity index (χ4v) is 2.36. The first-order chi connectivity index (χ1) is 7.84. The van der Waals surface area contributed by atoms with Crippen LogP contribution in [0.4, 0.5) is 0 Å². The van der Waals surface area contributed by atoms with Crippen LogP contribution in [-0.2, 0) is 12.8 Å². The number of rotatable bonds is 1. The van der Waals surface area contributed by atoms with Gasteiger partial charge in [0.2, 0.25) is 0 Å². The molecular formula is C13H15N3. The molecule has 1 heterocycles. The normalized spacial score (nSPS) is 19.4. The average molecular weight is 213 g/mol. The standard InChI is InChI=1S/C13H15N3/c14-10-6-7-12-11(8-10)13(16-15-12)9-4-2-1-3-5-9/h1-5,10H,6-8,14H2,(H,15,16). The van der Waals surface area contributed by atoms with Gasteiger partial charge in [0.15, 0.2) is 0 Å². The third kappa shape index (κ3) is 1.53. The summed E-state index contributed by atoms with van der Waals surface area (Å²) >= 11 is 0. The molecule has 1 unspecified atom stereocenters. The number of aromatic amines is 1. The predicted molar refractivity (Wildman–Crippen MR) is 64.0 cm³/mol. The first kappa shape index (κ1) is 9.60. The Hall–Kier alpha value is -1.61. The van der Waals surface area contributed by atoms with Crippen LogP contribution < -0.4 is 5.73 Å². The summed E-state index contributed by atoms with van der Waals surface area (Å²) < 4.78 is 0. The van der Waals surface area contributed by atoms with Crippen molar-refractivity contribution in [3.63, 3.8) is 0 Å². The molecule has 82 valence electrons. The highest BCUT2D eigenvalue weighted by molar-refractivity contribution is 5.64. The van der Waals surface area contributed by atoms with Crippen LogP contribution in [0.3, 0.4) is 0 Å². The lowest BCUT2D eigenvalue weighted by atomic mass is 9.90. The lowest BCUT2D eigenvalue weighted by Gasteiger charge is -2.18. The Bertz CT molecular complexity index is 487. The molecule has 0 amide bonds. The van der Waals surface area contributed by atoms with E-state index in [1.807, 2.05) is 18.2 Å². The maximum atomic E-state index is 6.01. The summed E-state index contributed by atoms with van der Waals surface area (Å²) in [6, 6.07) is 10.6. The lowest BCUT2D eigenvalue weighted by Crippen LogP contribution is -2.27. The van der Waals surface area contributed by atoms with Gasteiger partial charge in [-0.05, 0) is 19.3 Å². The van der Waals surface area contributed by atoms with Crippen LogP contribution in [-0.4, -0.2) is 16.2 Å². The van der Waals surface area contributed by atoms with Crippen molar-refractivity contribution in [1.82, 2.24) is 10.2 Å². The molecule has 0 spiro atoms. The molecule has 0 fully saturated rings. The fraction of sp³-hybridized carbons (Fsp3) is 0.308. The Balaban J connectivity index is 2.07. The molecule has 0 radical (unpaired) electrons. The molecule has 0 saturated heterocycles. The number of aryl methyl sites for hydroxylation is 1. The summed E-state index contributed by atoms with van der Waals surface area (Å²) in [5.74, 6) is 0. The van der Waals surface area contributed by atoms with E-state index in [-0.39, 0.29) is 6.04 Å². The Morgan fingerprint density at radius 2 is 2.06 bits per heavy atom. The number of fused-ring (bicyclic) bond motifs is 1. The summed E-state index contributed by atoms with van der Waals surface area (Å²) in [5.41, 5.74) is 10.8. The summed E-state index contributed by atoms with van der Waals surface area (Å²) in [4.78, 5) is 0. The zero-order valence-electron chi connectivity index (χ0n) is 9.11. The van der Waals surface area contributed by atoms with Crippen molar-refractivity contribution in [3.05, 3.63) is 41.6 Å². The van der Waals surface area contributed by atoms with Crippen molar-refractivity contribution in [2.75, 3.05) is 0 Å². The van der Waals surface area contributed by atoms with Gasteiger partial charge in [-0.3, -0.25) is 5.10 Å². The second kappa shape index (κ2) is 3.76. The molecule has 0 bridgehead atoms. The van der Waals surface area contributed by atoms with Crippen LogP contribution in [0, 0.1) is 0 Å². The molecule has 3 rings (SSSR count). The summed E-state index contributed by atoms with van der Waals surface area (Å²) in [6.45, 7) is 0. The van der Waals surface area contributed by atoms with Crippen LogP contribution in [0.2, 0.25) is 0 Å². The maximum absolute atomic E-state index is 6.01. The SMILES string of the molecule is NC1CCc2[nH]nc(-c3ccccc3)c2C1. The number of nitrogens with one attached hydrogen (secondary N) is 1. The smallest absolute Gasteiger partial charge is 0.0956 e. The van der Waals surface area contributed by atoms with Gasteiger partial charge >= 0.3 is 0 Å². The molecule has 3 heteroatoms. The van der Waals surface area contributed by atoms with E-state index in [2.05, 4.69) is 22.3 Å². The second-order valence-electron chi connectivity index (χ2n) is 4.40. The zero-order chi connectivity index (χ0) is 11.0. The predicted octanol–water partition coefficient (Wildman–Crippen LogP) is 1.89. The third-order valence-corrected chi connectivity index (χ3v) is 3.23. The minimum atomic E-state index is 0.285. The lowest BCUT2D eigenvalue weighted by molar-refractivity contribution is 0.572. The van der Waals surface area contributed by atoms with Gasteiger partial charge in [-0.1, -0.05) is 30.3 Å². The number of hydrogen-bond donors (Lipinski definition) is 2. The van der Waals surface area contributed by atoms with E-state index in [4.69, 9.17) is 5.73 Å². The molecule has 0 aliphatic heterocycles. The van der Waals surface area contributed by atoms with Gasteiger partial charge in [-0.25, -0.2) is 0 Å². The van der Waals surface area contributed by atoms with Crippen LogP contribution in [0.15, 0.2) is 30.3 Å². The topological polar surface area (TPSA) is 54.7 Å². The highest BCUT2D eigenvalue weighted by atomic mass is 15.1. The van der Waals surface area contributed by atoms with Gasteiger partial charge in [-0.2, -0.15) is 5.10 Å². The van der Waals surface area contributed by atoms with E-state index in [9.17, 15) is 0 Å². The van der Waals surface area contributed by atoms with Gasteiger partial charge in [0.05, 0.1) is 5.69 Å². The van der Waals surface area contributed by atoms with Crippen molar-refractivity contribution >= 4 is 0 Å². The van der Waals surface area contributed by atoms with Crippen molar-refractivity contribution in [3.8, 4) is 11.3 Å². The Labute approximate surface area is 94.7 Å². The molecule has 1 atom stereocenters. The number of nitrogens with two attached hydrogens (primary N) is 1. The summed E-state index contributed by atoms with van der Waals surface area (Å²) in [7, 11) is 0. The maximum Gasteiger partial charge on any atom is 0.0956 e. The second-order valence-corrected chi connectivity index (χ2v) is 4.40. The summed E-state index contributed by atoms with van der Waals surface area (Å²) in [6.07, 6.45) is 3.02. The number of aromatic nitrogens is 2. The molecule has 3 N–H and O–H groups in total. The average Bonchev–Trinajstić information content (AvgIpc) is 2.73. The van der Waals surface area contributed by atoms with E-state index in [1.165, 1.54) is 16.8 Å². The number of nitrogens with zero attached hydrogens (tertiary/aromatic N) is 1. The van der Waals surface area contributed by atoms with E-state index in [0.29, 0.717) is 0 Å². The fourth-order valence-electron chi connectivity index (χ4n) is 2.36. The number of H-pyrrole nitrogens is 1. The first-order valence-electron chi connectivity index (χ1n) is 5.71. The number of hydrogen-bond acceptors (Lipinski definition) is 2. The molecule has 1 aliphatic carbocycles. The van der Waals surface area contributed by atoms with Crippen molar-refractivity contribution < 1.29 is 0 Å². The molecule has 16 heavy (non-hydrogen) atoms. The Kier molecular flexibility index (Phi) is 2.26. The molecule has 1 aliphatic rings. The van der Waals surface area contributed by atoms with Crippen molar-refractivity contribution in [1.29, 1.82) is 0 Å². The van der Waals surface area contributed by atoms with Crippen LogP contribution in [0.1, 0.15) is 17.7 Å². The van der Waals surface area contributed by atoms with Crippen molar-refractivity contribution in [2.24, 2.45) is 5.73 Å². The molecule has 3 nitrogen and oxygen atoms in total. The third-order valence-electron chi connectivity index (χ3n) is 3.23. The summed E-state index contributed by atoms with van der Waals surface area (Å²) in [5, 5.41) is 7.56. The molecule has 2 aromatic rings. The monoisotopic (exact) mass is 213 g/mol. The highest BCUT2D eigenvalue weighted by Gasteiger charge is 2.21. The highest BCUT2D eigenvalue weighted by Crippen LogP contribution is 2.28. The van der Waals surface area contributed by atoms with Crippen LogP contribution in [0.5, 0.6) is 0 Å². The first-order valence-corrected chi connectivity index (χ1v) is 5.71. The van der Waals surface area contributed by atoms with Crippen LogP contribution in [0.25, 0.3) is 11.3 Å². The minimum absolute atomic E-state index is 0.285. The minimum Gasteiger partial charge on any atom is -0.327 e. The Morgan fingerprint density at radius 3 is 2.88 bits per heavy atom. The molecular weight excluding hydrogens is 198 g/mol. The van der Waals surface area contributed by atoms with Crippen LogP contribution >= 0.6 is 0 Å². The molecule has 1 aromatic heterocycles. The van der Waals surface area contributed by atoms with E-state index >= 15 is 0 Å².